The van der Waals surface area contributed by atoms with Crippen LogP contribution in [0.4, 0.5) is 0 Å². The zero-order chi connectivity index (χ0) is 18.8. The van der Waals surface area contributed by atoms with Crippen LogP contribution in [0, 0.1) is 5.92 Å². The van der Waals surface area contributed by atoms with Crippen LogP contribution in [0.5, 0.6) is 11.5 Å². The summed E-state index contributed by atoms with van der Waals surface area (Å²) in [6.45, 7) is 7.57. The first-order chi connectivity index (χ1) is 12.0. The summed E-state index contributed by atoms with van der Waals surface area (Å²) in [5, 5.41) is 2.69. The van der Waals surface area contributed by atoms with Crippen molar-refractivity contribution in [3.63, 3.8) is 0 Å². The number of likely N-dealkylation sites (N-methyl/N-ethyl adjacent to an activating group) is 1. The molecule has 0 radical (unpaired) electrons. The second-order valence-corrected chi connectivity index (χ2v) is 5.87. The largest absolute Gasteiger partial charge is 0.493 e. The number of benzene rings is 1. The predicted octanol–water partition coefficient (Wildman–Crippen LogP) is 2.72. The van der Waals surface area contributed by atoms with Gasteiger partial charge in [0.25, 0.3) is 5.91 Å². The van der Waals surface area contributed by atoms with Gasteiger partial charge in [0.05, 0.1) is 20.8 Å². The van der Waals surface area contributed by atoms with Crippen molar-refractivity contribution < 1.29 is 19.1 Å². The molecular weight excluding hydrogens is 320 g/mol. The van der Waals surface area contributed by atoms with Crippen LogP contribution in [0.15, 0.2) is 18.2 Å². The highest BCUT2D eigenvalue weighted by Gasteiger charge is 2.17. The van der Waals surface area contributed by atoms with Crippen LogP contribution >= 0.6 is 0 Å². The number of amides is 2. The lowest BCUT2D eigenvalue weighted by Gasteiger charge is -2.25. The highest BCUT2D eigenvalue weighted by atomic mass is 16.5. The van der Waals surface area contributed by atoms with Gasteiger partial charge in [0.15, 0.2) is 11.5 Å². The van der Waals surface area contributed by atoms with Gasteiger partial charge in [0.2, 0.25) is 5.91 Å². The molecule has 0 saturated carbocycles. The lowest BCUT2D eigenvalue weighted by molar-refractivity contribution is -0.130. The molecule has 1 aromatic carbocycles. The maximum absolute atomic E-state index is 12.4. The van der Waals surface area contributed by atoms with Gasteiger partial charge in [-0.15, -0.1) is 0 Å². The molecule has 0 atom stereocenters. The lowest BCUT2D eigenvalue weighted by Crippen LogP contribution is -2.42. The van der Waals surface area contributed by atoms with Crippen LogP contribution in [0.1, 0.15) is 44.0 Å². The van der Waals surface area contributed by atoms with E-state index in [1.807, 2.05) is 6.92 Å². The van der Waals surface area contributed by atoms with Gasteiger partial charge >= 0.3 is 0 Å². The summed E-state index contributed by atoms with van der Waals surface area (Å²) in [5.41, 5.74) is 0.425. The SMILES string of the molecule is CCC(CC)CN(CC)C(=O)CNC(=O)c1ccc(OC)c(OC)c1. The van der Waals surface area contributed by atoms with Gasteiger partial charge in [-0.2, -0.15) is 0 Å². The first-order valence-electron chi connectivity index (χ1n) is 8.78. The lowest BCUT2D eigenvalue weighted by atomic mass is 10.0. The van der Waals surface area contributed by atoms with Gasteiger partial charge in [-0.3, -0.25) is 9.59 Å². The quantitative estimate of drug-likeness (QED) is 0.704. The third kappa shape index (κ3) is 5.96. The second-order valence-electron chi connectivity index (χ2n) is 5.87. The molecule has 0 aliphatic heterocycles. The van der Waals surface area contributed by atoms with Crippen molar-refractivity contribution in [1.82, 2.24) is 10.2 Å². The van der Waals surface area contributed by atoms with Crippen molar-refractivity contribution in [3.8, 4) is 11.5 Å². The van der Waals surface area contributed by atoms with Crippen LogP contribution in [0.25, 0.3) is 0 Å². The summed E-state index contributed by atoms with van der Waals surface area (Å²) in [5.74, 6) is 1.14. The average Bonchev–Trinajstić information content (AvgIpc) is 2.66. The van der Waals surface area contributed by atoms with E-state index in [1.54, 1.807) is 23.1 Å². The summed E-state index contributed by atoms with van der Waals surface area (Å²) >= 11 is 0. The predicted molar refractivity (Wildman–Crippen MR) is 98.2 cm³/mol. The van der Waals surface area contributed by atoms with Crippen molar-refractivity contribution in [1.29, 1.82) is 0 Å². The van der Waals surface area contributed by atoms with Gasteiger partial charge in [-0.25, -0.2) is 0 Å². The van der Waals surface area contributed by atoms with Crippen molar-refractivity contribution in [2.75, 3.05) is 33.9 Å². The third-order valence-electron chi connectivity index (χ3n) is 4.41. The van der Waals surface area contributed by atoms with E-state index in [0.29, 0.717) is 29.5 Å². The Hall–Kier alpha value is -2.24. The van der Waals surface area contributed by atoms with Crippen LogP contribution in [-0.4, -0.2) is 50.6 Å². The van der Waals surface area contributed by atoms with E-state index in [0.717, 1.165) is 19.4 Å². The van der Waals surface area contributed by atoms with Crippen LogP contribution < -0.4 is 14.8 Å². The zero-order valence-corrected chi connectivity index (χ0v) is 15.9. The molecule has 140 valence electrons. The van der Waals surface area contributed by atoms with Gasteiger partial charge < -0.3 is 19.7 Å². The van der Waals surface area contributed by atoms with Gasteiger partial charge in [-0.05, 0) is 31.0 Å². The monoisotopic (exact) mass is 350 g/mol. The smallest absolute Gasteiger partial charge is 0.251 e. The van der Waals surface area contributed by atoms with E-state index in [9.17, 15) is 9.59 Å². The number of carbonyl (C=O) groups excluding carboxylic acids is 2. The molecule has 25 heavy (non-hydrogen) atoms. The summed E-state index contributed by atoms with van der Waals surface area (Å²) in [6.07, 6.45) is 2.08. The Morgan fingerprint density at radius 1 is 1.08 bits per heavy atom. The molecule has 0 spiro atoms. The number of carbonyl (C=O) groups is 2. The van der Waals surface area contributed by atoms with E-state index in [4.69, 9.17) is 9.47 Å². The first-order valence-corrected chi connectivity index (χ1v) is 8.78. The minimum absolute atomic E-state index is 0.0127. The number of rotatable bonds is 10. The Labute approximate surface area is 150 Å². The van der Waals surface area contributed by atoms with Gasteiger partial charge in [-0.1, -0.05) is 26.7 Å². The van der Waals surface area contributed by atoms with E-state index in [2.05, 4.69) is 19.2 Å². The van der Waals surface area contributed by atoms with E-state index in [1.165, 1.54) is 14.2 Å². The molecule has 6 heteroatoms. The molecule has 6 nitrogen and oxygen atoms in total. The fourth-order valence-electron chi connectivity index (χ4n) is 2.61. The molecule has 0 aliphatic rings. The summed E-state index contributed by atoms with van der Waals surface area (Å²) in [6, 6.07) is 4.91. The number of ether oxygens (including phenoxy) is 2. The third-order valence-corrected chi connectivity index (χ3v) is 4.41. The Bertz CT molecular complexity index is 571. The van der Waals surface area contributed by atoms with Crippen molar-refractivity contribution in [2.24, 2.45) is 5.92 Å². The average molecular weight is 350 g/mol. The number of hydrogen-bond donors (Lipinski definition) is 1. The Morgan fingerprint density at radius 3 is 2.24 bits per heavy atom. The van der Waals surface area contributed by atoms with Crippen LogP contribution in [0.2, 0.25) is 0 Å². The second kappa shape index (κ2) is 10.6. The zero-order valence-electron chi connectivity index (χ0n) is 15.9. The van der Waals surface area contributed by atoms with Crippen molar-refractivity contribution >= 4 is 11.8 Å². The van der Waals surface area contributed by atoms with E-state index in [-0.39, 0.29) is 18.4 Å². The summed E-state index contributed by atoms with van der Waals surface area (Å²) in [4.78, 5) is 26.4. The maximum Gasteiger partial charge on any atom is 0.251 e. The molecular formula is C19H30N2O4. The maximum atomic E-state index is 12.4. The molecule has 0 fully saturated rings. The van der Waals surface area contributed by atoms with E-state index < -0.39 is 0 Å². The highest BCUT2D eigenvalue weighted by Crippen LogP contribution is 2.27. The molecule has 1 N–H and O–H groups in total. The van der Waals surface area contributed by atoms with Gasteiger partial charge in [0, 0.05) is 18.7 Å². The Balaban J connectivity index is 2.66. The molecule has 0 unspecified atom stereocenters. The van der Waals surface area contributed by atoms with E-state index >= 15 is 0 Å². The van der Waals surface area contributed by atoms with Crippen LogP contribution in [0.3, 0.4) is 0 Å². The van der Waals surface area contributed by atoms with Crippen LogP contribution in [-0.2, 0) is 4.79 Å². The Kier molecular flexibility index (Phi) is 8.81. The minimum Gasteiger partial charge on any atom is -0.493 e. The minimum atomic E-state index is -0.312. The fourth-order valence-corrected chi connectivity index (χ4v) is 2.61. The molecule has 0 aliphatic carbocycles. The molecule has 0 saturated heterocycles. The molecule has 1 aromatic rings. The number of nitrogens with zero attached hydrogens (tertiary/aromatic N) is 1. The normalized spacial score (nSPS) is 10.5. The fraction of sp³-hybridized carbons (Fsp3) is 0.579. The number of methoxy groups -OCH3 is 2. The number of hydrogen-bond acceptors (Lipinski definition) is 4. The molecule has 1 rings (SSSR count). The number of nitrogens with one attached hydrogen (secondary N) is 1. The summed E-state index contributed by atoms with van der Waals surface area (Å²) < 4.78 is 10.4. The highest BCUT2D eigenvalue weighted by molar-refractivity contribution is 5.97. The molecule has 0 aromatic heterocycles. The Morgan fingerprint density at radius 2 is 1.72 bits per heavy atom. The van der Waals surface area contributed by atoms with Gasteiger partial charge in [0.1, 0.15) is 0 Å². The summed E-state index contributed by atoms with van der Waals surface area (Å²) in [7, 11) is 3.05. The molecule has 0 bridgehead atoms. The van der Waals surface area contributed by atoms with Crippen molar-refractivity contribution in [2.45, 2.75) is 33.6 Å². The molecule has 2 amide bonds. The standard InChI is InChI=1S/C19H30N2O4/c1-6-14(7-2)13-21(8-3)18(22)12-20-19(23)15-9-10-16(24-4)17(11-15)25-5/h9-11,14H,6-8,12-13H2,1-5H3,(H,20,23). The molecule has 0 heterocycles. The van der Waals surface area contributed by atoms with Crippen molar-refractivity contribution in [3.05, 3.63) is 23.8 Å². The topological polar surface area (TPSA) is 67.9 Å². The first kappa shape index (κ1) is 20.8.